The first kappa shape index (κ1) is 20.5. The average molecular weight is 459 g/mol. The van der Waals surface area contributed by atoms with E-state index in [1.165, 1.54) is 17.0 Å². The molecule has 1 aliphatic heterocycles. The second-order valence-electron chi connectivity index (χ2n) is 6.69. The number of rotatable bonds is 3. The Morgan fingerprint density at radius 1 is 0.833 bits per heavy atom. The molecule has 0 aliphatic carbocycles. The van der Waals surface area contributed by atoms with Crippen molar-refractivity contribution in [3.05, 3.63) is 105 Å². The maximum atomic E-state index is 13.0. The van der Waals surface area contributed by atoms with E-state index in [2.05, 4.69) is 0 Å². The largest absolute Gasteiger partial charge is 0.507 e. The fraction of sp³-hybridized carbons (Fsp3) is 0.0435. The second kappa shape index (κ2) is 8.15. The topological polar surface area (TPSA) is 57.6 Å². The Bertz CT molecular complexity index is 1190. The third-order valence-electron chi connectivity index (χ3n) is 4.84. The minimum atomic E-state index is -0.834. The predicted molar refractivity (Wildman–Crippen MR) is 119 cm³/mol. The minimum Gasteiger partial charge on any atom is -0.507 e. The molecule has 1 aliphatic rings. The summed E-state index contributed by atoms with van der Waals surface area (Å²) in [5.74, 6) is -1.88. The molecule has 7 heteroatoms. The fourth-order valence-electron chi connectivity index (χ4n) is 3.47. The van der Waals surface area contributed by atoms with E-state index in [0.29, 0.717) is 21.3 Å². The van der Waals surface area contributed by atoms with Gasteiger partial charge < -0.3 is 5.11 Å². The lowest BCUT2D eigenvalue weighted by Crippen LogP contribution is -2.29. The number of halogens is 3. The lowest BCUT2D eigenvalue weighted by Gasteiger charge is -2.25. The van der Waals surface area contributed by atoms with Gasteiger partial charge in [-0.1, -0.05) is 71.2 Å². The molecular weight excluding hydrogens is 445 g/mol. The van der Waals surface area contributed by atoms with E-state index < -0.39 is 17.7 Å². The van der Waals surface area contributed by atoms with Gasteiger partial charge in [-0.2, -0.15) is 0 Å². The Labute approximate surface area is 187 Å². The first-order valence-corrected chi connectivity index (χ1v) is 10.1. The number of carbonyl (C=O) groups excluding carboxylic acids is 2. The van der Waals surface area contributed by atoms with E-state index in [4.69, 9.17) is 34.8 Å². The van der Waals surface area contributed by atoms with E-state index in [1.807, 2.05) is 6.07 Å². The Morgan fingerprint density at radius 3 is 2.23 bits per heavy atom. The van der Waals surface area contributed by atoms with Gasteiger partial charge in [0.25, 0.3) is 11.7 Å². The third kappa shape index (κ3) is 3.58. The van der Waals surface area contributed by atoms with Crippen LogP contribution >= 0.6 is 34.8 Å². The van der Waals surface area contributed by atoms with Crippen molar-refractivity contribution < 1.29 is 14.7 Å². The van der Waals surface area contributed by atoms with Crippen LogP contribution in [0.2, 0.25) is 15.1 Å². The zero-order valence-corrected chi connectivity index (χ0v) is 17.6. The van der Waals surface area contributed by atoms with Crippen molar-refractivity contribution in [1.82, 2.24) is 0 Å². The summed E-state index contributed by atoms with van der Waals surface area (Å²) in [6.45, 7) is 0. The van der Waals surface area contributed by atoms with Crippen molar-refractivity contribution in [2.75, 3.05) is 4.90 Å². The fourth-order valence-corrected chi connectivity index (χ4v) is 3.96. The number of aliphatic hydroxyl groups is 1. The highest BCUT2D eigenvalue weighted by atomic mass is 35.5. The summed E-state index contributed by atoms with van der Waals surface area (Å²) in [6, 6.07) is 19.3. The number of ketones is 1. The van der Waals surface area contributed by atoms with E-state index in [1.54, 1.807) is 54.6 Å². The smallest absolute Gasteiger partial charge is 0.300 e. The Morgan fingerprint density at radius 2 is 1.57 bits per heavy atom. The van der Waals surface area contributed by atoms with E-state index in [9.17, 15) is 14.7 Å². The molecule has 1 saturated heterocycles. The van der Waals surface area contributed by atoms with Gasteiger partial charge in [0, 0.05) is 16.3 Å². The lowest BCUT2D eigenvalue weighted by atomic mass is 9.95. The van der Waals surface area contributed by atoms with Crippen molar-refractivity contribution in [3.63, 3.8) is 0 Å². The number of hydrogen-bond acceptors (Lipinski definition) is 3. The molecule has 0 radical (unpaired) electrons. The number of anilines is 1. The van der Waals surface area contributed by atoms with Crippen LogP contribution in [0, 0.1) is 0 Å². The molecule has 0 saturated carbocycles. The number of benzene rings is 3. The van der Waals surface area contributed by atoms with Crippen LogP contribution in [0.1, 0.15) is 17.2 Å². The highest BCUT2D eigenvalue weighted by Gasteiger charge is 2.46. The highest BCUT2D eigenvalue weighted by Crippen LogP contribution is 2.42. The van der Waals surface area contributed by atoms with Crippen LogP contribution in [-0.4, -0.2) is 16.8 Å². The Balaban J connectivity index is 1.95. The molecule has 4 rings (SSSR count). The first-order chi connectivity index (χ1) is 14.4. The van der Waals surface area contributed by atoms with Gasteiger partial charge in [0.05, 0.1) is 21.7 Å². The molecule has 1 N–H and O–H groups in total. The molecule has 1 unspecified atom stereocenters. The number of aliphatic hydroxyl groups excluding tert-OH is 1. The molecule has 1 amide bonds. The molecule has 4 nitrogen and oxygen atoms in total. The van der Waals surface area contributed by atoms with Crippen molar-refractivity contribution in [1.29, 1.82) is 0 Å². The van der Waals surface area contributed by atoms with Crippen molar-refractivity contribution >= 4 is 57.9 Å². The second-order valence-corrected chi connectivity index (χ2v) is 7.94. The third-order valence-corrected chi connectivity index (χ3v) is 5.81. The maximum Gasteiger partial charge on any atom is 0.300 e. The van der Waals surface area contributed by atoms with Crippen LogP contribution in [0.4, 0.5) is 5.69 Å². The van der Waals surface area contributed by atoms with Crippen LogP contribution in [0.5, 0.6) is 0 Å². The Kier molecular flexibility index (Phi) is 5.56. The molecule has 0 bridgehead atoms. The van der Waals surface area contributed by atoms with E-state index >= 15 is 0 Å². The SMILES string of the molecule is O=C1C(=O)N(c2cccc(Cl)c2)C(c2ccccc2)/C1=C(\O)c1ccc(Cl)c(Cl)c1. The number of hydrogen-bond donors (Lipinski definition) is 1. The van der Waals surface area contributed by atoms with Crippen LogP contribution in [-0.2, 0) is 9.59 Å². The molecule has 3 aromatic rings. The molecule has 1 fully saturated rings. The van der Waals surface area contributed by atoms with Crippen molar-refractivity contribution in [2.24, 2.45) is 0 Å². The van der Waals surface area contributed by atoms with Gasteiger partial charge in [0.15, 0.2) is 0 Å². The molecular formula is C23H14Cl3NO3. The number of amides is 1. The van der Waals surface area contributed by atoms with Crippen LogP contribution in [0.15, 0.2) is 78.4 Å². The molecule has 1 atom stereocenters. The van der Waals surface area contributed by atoms with Crippen LogP contribution in [0.25, 0.3) is 5.76 Å². The molecule has 150 valence electrons. The molecule has 0 spiro atoms. The van der Waals surface area contributed by atoms with Crippen LogP contribution < -0.4 is 4.90 Å². The number of Topliss-reactive ketones (excluding diaryl/α,β-unsaturated/α-hetero) is 1. The van der Waals surface area contributed by atoms with Crippen molar-refractivity contribution in [2.45, 2.75) is 6.04 Å². The number of nitrogens with zero attached hydrogens (tertiary/aromatic N) is 1. The zero-order valence-electron chi connectivity index (χ0n) is 15.4. The predicted octanol–water partition coefficient (Wildman–Crippen LogP) is 6.27. The van der Waals surface area contributed by atoms with Crippen molar-refractivity contribution in [3.8, 4) is 0 Å². The minimum absolute atomic E-state index is 0.0374. The van der Waals surface area contributed by atoms with E-state index in [-0.39, 0.29) is 21.9 Å². The summed E-state index contributed by atoms with van der Waals surface area (Å²) in [4.78, 5) is 27.4. The van der Waals surface area contributed by atoms with E-state index in [0.717, 1.165) is 0 Å². The van der Waals surface area contributed by atoms with Gasteiger partial charge in [-0.15, -0.1) is 0 Å². The molecule has 1 heterocycles. The van der Waals surface area contributed by atoms with Gasteiger partial charge in [-0.25, -0.2) is 0 Å². The van der Waals surface area contributed by atoms with Gasteiger partial charge in [0.2, 0.25) is 0 Å². The maximum absolute atomic E-state index is 13.0. The first-order valence-electron chi connectivity index (χ1n) is 8.95. The molecule has 0 aromatic heterocycles. The van der Waals surface area contributed by atoms with Gasteiger partial charge in [-0.05, 0) is 42.0 Å². The standard InChI is InChI=1S/C23H14Cl3NO3/c24-15-7-4-8-16(12-15)27-20(13-5-2-1-3-6-13)19(22(29)23(27)30)21(28)14-9-10-17(25)18(26)11-14/h1-12,20,28H/b21-19+. The summed E-state index contributed by atoms with van der Waals surface area (Å²) in [5.41, 5.74) is 1.36. The summed E-state index contributed by atoms with van der Waals surface area (Å²) in [5, 5.41) is 12.0. The molecule has 3 aromatic carbocycles. The monoisotopic (exact) mass is 457 g/mol. The highest BCUT2D eigenvalue weighted by molar-refractivity contribution is 6.52. The lowest BCUT2D eigenvalue weighted by molar-refractivity contribution is -0.132. The summed E-state index contributed by atoms with van der Waals surface area (Å²) >= 11 is 18.2. The quantitative estimate of drug-likeness (QED) is 0.286. The summed E-state index contributed by atoms with van der Waals surface area (Å²) in [6.07, 6.45) is 0. The van der Waals surface area contributed by atoms with Gasteiger partial charge in [0.1, 0.15) is 5.76 Å². The number of carbonyl (C=O) groups is 2. The molecule has 30 heavy (non-hydrogen) atoms. The average Bonchev–Trinajstić information content (AvgIpc) is 3.01. The Hall–Kier alpha value is -2.79. The van der Waals surface area contributed by atoms with Gasteiger partial charge >= 0.3 is 0 Å². The van der Waals surface area contributed by atoms with Gasteiger partial charge in [-0.3, -0.25) is 14.5 Å². The summed E-state index contributed by atoms with van der Waals surface area (Å²) in [7, 11) is 0. The normalized spacial score (nSPS) is 18.1. The summed E-state index contributed by atoms with van der Waals surface area (Å²) < 4.78 is 0. The zero-order chi connectivity index (χ0) is 21.4. The van der Waals surface area contributed by atoms with Crippen LogP contribution in [0.3, 0.4) is 0 Å².